The highest BCUT2D eigenvalue weighted by Gasteiger charge is 2.51. The minimum absolute atomic E-state index is 0.00510. The average molecular weight is 205 g/mol. The molecule has 1 aliphatic rings. The number of phenols is 1. The Morgan fingerprint density at radius 2 is 2.00 bits per heavy atom. The highest BCUT2D eigenvalue weighted by atomic mass is 16.3. The molecule has 2 atom stereocenters. The van der Waals surface area contributed by atoms with E-state index in [1.807, 2.05) is 12.1 Å². The van der Waals surface area contributed by atoms with Crippen molar-refractivity contribution >= 4 is 0 Å². The van der Waals surface area contributed by atoms with Gasteiger partial charge in [0.2, 0.25) is 0 Å². The molecule has 2 unspecified atom stereocenters. The Balaban J connectivity index is 2.02. The van der Waals surface area contributed by atoms with Gasteiger partial charge in [0, 0.05) is 5.54 Å². The minimum atomic E-state index is 0.00510. The van der Waals surface area contributed by atoms with Gasteiger partial charge in [-0.3, -0.25) is 0 Å². The SMILES string of the molecule is CC(C)C1CC1(N)Cc1ccc(O)cc1. The van der Waals surface area contributed by atoms with Crippen molar-refractivity contribution in [2.45, 2.75) is 32.2 Å². The van der Waals surface area contributed by atoms with Crippen LogP contribution in [0.2, 0.25) is 0 Å². The van der Waals surface area contributed by atoms with E-state index in [-0.39, 0.29) is 5.54 Å². The summed E-state index contributed by atoms with van der Waals surface area (Å²) in [6, 6.07) is 7.37. The van der Waals surface area contributed by atoms with Crippen LogP contribution in [0.1, 0.15) is 25.8 Å². The number of hydrogen-bond acceptors (Lipinski definition) is 2. The molecule has 15 heavy (non-hydrogen) atoms. The summed E-state index contributed by atoms with van der Waals surface area (Å²) >= 11 is 0. The predicted octanol–water partition coefficient (Wildman–Crippen LogP) is 2.31. The Labute approximate surface area is 91.1 Å². The van der Waals surface area contributed by atoms with Gasteiger partial charge in [0.25, 0.3) is 0 Å². The number of phenolic OH excluding ortho intramolecular Hbond substituents is 1. The molecule has 0 heterocycles. The van der Waals surface area contributed by atoms with Crippen molar-refractivity contribution in [2.75, 3.05) is 0 Å². The predicted molar refractivity (Wildman–Crippen MR) is 61.7 cm³/mol. The normalized spacial score (nSPS) is 29.5. The van der Waals surface area contributed by atoms with Gasteiger partial charge in [-0.1, -0.05) is 26.0 Å². The average Bonchev–Trinajstić information content (AvgIpc) is 2.83. The lowest BCUT2D eigenvalue weighted by Gasteiger charge is -2.13. The van der Waals surface area contributed by atoms with Crippen LogP contribution in [0.25, 0.3) is 0 Å². The van der Waals surface area contributed by atoms with Gasteiger partial charge in [-0.2, -0.15) is 0 Å². The van der Waals surface area contributed by atoms with E-state index >= 15 is 0 Å². The van der Waals surface area contributed by atoms with Crippen LogP contribution < -0.4 is 5.73 Å². The fourth-order valence-electron chi connectivity index (χ4n) is 2.45. The van der Waals surface area contributed by atoms with Crippen LogP contribution in [0.3, 0.4) is 0 Å². The molecule has 0 radical (unpaired) electrons. The molecular weight excluding hydrogens is 186 g/mol. The van der Waals surface area contributed by atoms with Crippen LogP contribution in [0.15, 0.2) is 24.3 Å². The minimum Gasteiger partial charge on any atom is -0.508 e. The number of rotatable bonds is 3. The lowest BCUT2D eigenvalue weighted by molar-refractivity contribution is 0.470. The Kier molecular flexibility index (Phi) is 2.47. The van der Waals surface area contributed by atoms with Crippen LogP contribution in [0.5, 0.6) is 5.75 Å². The van der Waals surface area contributed by atoms with Crippen LogP contribution in [0, 0.1) is 11.8 Å². The van der Waals surface area contributed by atoms with E-state index in [1.165, 1.54) is 5.56 Å². The lowest BCUT2D eigenvalue weighted by atomic mass is 9.98. The number of aromatic hydroxyl groups is 1. The van der Waals surface area contributed by atoms with Gasteiger partial charge in [0.15, 0.2) is 0 Å². The second kappa shape index (κ2) is 3.53. The quantitative estimate of drug-likeness (QED) is 0.795. The molecular formula is C13H19NO. The molecule has 0 aromatic heterocycles. The van der Waals surface area contributed by atoms with Gasteiger partial charge in [-0.05, 0) is 42.4 Å². The Hall–Kier alpha value is -1.02. The molecule has 0 saturated heterocycles. The van der Waals surface area contributed by atoms with E-state index in [1.54, 1.807) is 12.1 Å². The molecule has 0 spiro atoms. The van der Waals surface area contributed by atoms with Crippen LogP contribution in [-0.2, 0) is 6.42 Å². The molecule has 0 amide bonds. The molecule has 0 aliphatic heterocycles. The van der Waals surface area contributed by atoms with E-state index in [0.29, 0.717) is 17.6 Å². The first-order valence-electron chi connectivity index (χ1n) is 5.58. The zero-order chi connectivity index (χ0) is 11.1. The topological polar surface area (TPSA) is 46.2 Å². The monoisotopic (exact) mass is 205 g/mol. The highest BCUT2D eigenvalue weighted by molar-refractivity contribution is 5.29. The second-order valence-corrected chi connectivity index (χ2v) is 5.13. The molecule has 1 aromatic carbocycles. The van der Waals surface area contributed by atoms with Gasteiger partial charge in [-0.15, -0.1) is 0 Å². The van der Waals surface area contributed by atoms with E-state index in [4.69, 9.17) is 5.73 Å². The van der Waals surface area contributed by atoms with Crippen molar-refractivity contribution in [2.24, 2.45) is 17.6 Å². The Morgan fingerprint density at radius 3 is 2.47 bits per heavy atom. The van der Waals surface area contributed by atoms with Gasteiger partial charge < -0.3 is 10.8 Å². The third kappa shape index (κ3) is 2.15. The van der Waals surface area contributed by atoms with Crippen molar-refractivity contribution in [1.82, 2.24) is 0 Å². The molecule has 1 aromatic rings. The maximum Gasteiger partial charge on any atom is 0.115 e. The zero-order valence-electron chi connectivity index (χ0n) is 9.40. The highest BCUT2D eigenvalue weighted by Crippen LogP contribution is 2.48. The van der Waals surface area contributed by atoms with Crippen molar-refractivity contribution in [3.05, 3.63) is 29.8 Å². The molecule has 3 N–H and O–H groups in total. The first kappa shape index (κ1) is 10.5. The van der Waals surface area contributed by atoms with Crippen molar-refractivity contribution in [3.63, 3.8) is 0 Å². The Morgan fingerprint density at radius 1 is 1.40 bits per heavy atom. The van der Waals surface area contributed by atoms with E-state index < -0.39 is 0 Å². The zero-order valence-corrected chi connectivity index (χ0v) is 9.40. The van der Waals surface area contributed by atoms with Gasteiger partial charge in [0.05, 0.1) is 0 Å². The number of hydrogen-bond donors (Lipinski definition) is 2. The Bertz CT molecular complexity index is 344. The third-order valence-corrected chi connectivity index (χ3v) is 3.45. The van der Waals surface area contributed by atoms with Crippen LogP contribution in [-0.4, -0.2) is 10.6 Å². The number of nitrogens with two attached hydrogens (primary N) is 1. The van der Waals surface area contributed by atoms with Crippen LogP contribution >= 0.6 is 0 Å². The molecule has 2 nitrogen and oxygen atoms in total. The molecule has 1 fully saturated rings. The summed E-state index contributed by atoms with van der Waals surface area (Å²) in [7, 11) is 0. The second-order valence-electron chi connectivity index (χ2n) is 5.13. The van der Waals surface area contributed by atoms with Crippen LogP contribution in [0.4, 0.5) is 0 Å². The fraction of sp³-hybridized carbons (Fsp3) is 0.538. The van der Waals surface area contributed by atoms with Gasteiger partial charge in [0.1, 0.15) is 5.75 Å². The van der Waals surface area contributed by atoms with Crippen molar-refractivity contribution in [3.8, 4) is 5.75 Å². The van der Waals surface area contributed by atoms with E-state index in [0.717, 1.165) is 12.8 Å². The number of benzene rings is 1. The summed E-state index contributed by atoms with van der Waals surface area (Å²) in [5.74, 6) is 1.65. The lowest BCUT2D eigenvalue weighted by Crippen LogP contribution is -2.29. The summed E-state index contributed by atoms with van der Waals surface area (Å²) in [5, 5.41) is 9.18. The largest absolute Gasteiger partial charge is 0.508 e. The third-order valence-electron chi connectivity index (χ3n) is 3.45. The first-order valence-corrected chi connectivity index (χ1v) is 5.58. The standard InChI is InChI=1S/C13H19NO/c1-9(2)12-8-13(12,14)7-10-3-5-11(15)6-4-10/h3-6,9,12,15H,7-8,14H2,1-2H3. The molecule has 1 saturated carbocycles. The summed E-state index contributed by atoms with van der Waals surface area (Å²) in [6.07, 6.45) is 2.06. The summed E-state index contributed by atoms with van der Waals surface area (Å²) < 4.78 is 0. The molecule has 1 aliphatic carbocycles. The summed E-state index contributed by atoms with van der Waals surface area (Å²) in [5.41, 5.74) is 7.53. The maximum absolute atomic E-state index is 9.18. The van der Waals surface area contributed by atoms with Gasteiger partial charge >= 0.3 is 0 Å². The van der Waals surface area contributed by atoms with E-state index in [2.05, 4.69) is 13.8 Å². The summed E-state index contributed by atoms with van der Waals surface area (Å²) in [4.78, 5) is 0. The van der Waals surface area contributed by atoms with Crippen molar-refractivity contribution < 1.29 is 5.11 Å². The summed E-state index contributed by atoms with van der Waals surface area (Å²) in [6.45, 7) is 4.46. The molecule has 2 heteroatoms. The fourth-order valence-corrected chi connectivity index (χ4v) is 2.45. The first-order chi connectivity index (χ1) is 7.01. The smallest absolute Gasteiger partial charge is 0.115 e. The van der Waals surface area contributed by atoms with Gasteiger partial charge in [-0.25, -0.2) is 0 Å². The van der Waals surface area contributed by atoms with E-state index in [9.17, 15) is 5.11 Å². The molecule has 0 bridgehead atoms. The molecule has 82 valence electrons. The molecule has 2 rings (SSSR count). The van der Waals surface area contributed by atoms with Crippen molar-refractivity contribution in [1.29, 1.82) is 0 Å². The maximum atomic E-state index is 9.18.